The zero-order valence-electron chi connectivity index (χ0n) is 19.4. The molecule has 8 heteroatoms. The number of benzene rings is 2. The average Bonchev–Trinajstić information content (AvgIpc) is 3.15. The van der Waals surface area contributed by atoms with Crippen molar-refractivity contribution >= 4 is 23.2 Å². The van der Waals surface area contributed by atoms with Gasteiger partial charge < -0.3 is 20.0 Å². The zero-order chi connectivity index (χ0) is 25.1. The van der Waals surface area contributed by atoms with Crippen molar-refractivity contribution in [3.63, 3.8) is 0 Å². The number of rotatable bonds is 9. The average molecular weight is 472 g/mol. The van der Waals surface area contributed by atoms with Gasteiger partial charge in [-0.05, 0) is 35.6 Å². The number of carbonyl (C=O) groups is 3. The molecule has 178 valence electrons. The van der Waals surface area contributed by atoms with Crippen LogP contribution in [0.4, 0.5) is 0 Å². The number of hydrogen-bond donors (Lipinski definition) is 2. The Morgan fingerprint density at radius 1 is 1.06 bits per heavy atom. The lowest BCUT2D eigenvalue weighted by molar-refractivity contribution is -0.139. The molecule has 0 saturated heterocycles. The summed E-state index contributed by atoms with van der Waals surface area (Å²) in [5.74, 6) is -3.19. The summed E-state index contributed by atoms with van der Waals surface area (Å²) in [7, 11) is 0. The van der Waals surface area contributed by atoms with Crippen LogP contribution in [0.3, 0.4) is 0 Å². The van der Waals surface area contributed by atoms with E-state index >= 15 is 0 Å². The number of carboxylic acids is 1. The largest absolute Gasteiger partial charge is 0.479 e. The molecule has 0 aliphatic heterocycles. The molecule has 0 spiro atoms. The third-order valence-electron chi connectivity index (χ3n) is 5.81. The van der Waals surface area contributed by atoms with Gasteiger partial charge in [0.05, 0.1) is 11.3 Å². The van der Waals surface area contributed by atoms with E-state index < -0.39 is 24.3 Å². The van der Waals surface area contributed by atoms with Crippen LogP contribution in [0.2, 0.25) is 0 Å². The van der Waals surface area contributed by atoms with Gasteiger partial charge in [-0.15, -0.1) is 0 Å². The van der Waals surface area contributed by atoms with Gasteiger partial charge in [-0.25, -0.2) is 9.78 Å². The van der Waals surface area contributed by atoms with Crippen LogP contribution in [0.15, 0.2) is 60.8 Å². The number of primary amides is 1. The topological polar surface area (TPSA) is 124 Å². The molecule has 35 heavy (non-hydrogen) atoms. The first kappa shape index (κ1) is 23.7. The van der Waals surface area contributed by atoms with E-state index in [1.165, 1.54) is 0 Å². The minimum atomic E-state index is -1.19. The smallest absolute Gasteiger partial charge is 0.341 e. The molecule has 0 aliphatic carbocycles. The second-order valence-corrected chi connectivity index (χ2v) is 8.14. The summed E-state index contributed by atoms with van der Waals surface area (Å²) in [4.78, 5) is 40.4. The molecule has 0 unspecified atom stereocenters. The molecule has 2 aromatic heterocycles. The van der Waals surface area contributed by atoms with Crippen molar-refractivity contribution in [1.29, 1.82) is 0 Å². The van der Waals surface area contributed by atoms with Crippen LogP contribution in [0, 0.1) is 6.92 Å². The fourth-order valence-electron chi connectivity index (χ4n) is 4.39. The van der Waals surface area contributed by atoms with Crippen molar-refractivity contribution < 1.29 is 24.2 Å². The van der Waals surface area contributed by atoms with Crippen molar-refractivity contribution in [1.82, 2.24) is 9.38 Å². The molecule has 0 atom stereocenters. The lowest BCUT2D eigenvalue weighted by Crippen LogP contribution is -2.24. The van der Waals surface area contributed by atoms with E-state index in [-0.39, 0.29) is 17.0 Å². The summed E-state index contributed by atoms with van der Waals surface area (Å²) < 4.78 is 7.23. The van der Waals surface area contributed by atoms with E-state index in [9.17, 15) is 14.4 Å². The predicted molar refractivity (Wildman–Crippen MR) is 131 cm³/mol. The number of carboxylic acid groups (broad SMARTS) is 1. The highest BCUT2D eigenvalue weighted by atomic mass is 16.5. The second-order valence-electron chi connectivity index (χ2n) is 8.14. The molecule has 3 N–H and O–H groups in total. The first-order valence-corrected chi connectivity index (χ1v) is 11.2. The molecular weight excluding hydrogens is 446 g/mol. The Labute approximate surface area is 202 Å². The van der Waals surface area contributed by atoms with Crippen molar-refractivity contribution in [2.45, 2.75) is 26.7 Å². The predicted octanol–water partition coefficient (Wildman–Crippen LogP) is 3.59. The van der Waals surface area contributed by atoms with Crippen LogP contribution in [0.25, 0.3) is 16.6 Å². The molecule has 0 fully saturated rings. The number of amides is 1. The Bertz CT molecular complexity index is 1440. The fraction of sp³-hybridized carbons (Fsp3) is 0.185. The molecule has 4 rings (SSSR count). The Balaban J connectivity index is 1.98. The lowest BCUT2D eigenvalue weighted by Gasteiger charge is -2.13. The Morgan fingerprint density at radius 2 is 1.74 bits per heavy atom. The number of ether oxygens (including phenoxy) is 1. The molecule has 0 saturated carbocycles. The SMILES string of the molecule is CCc1c(C(=O)C(N)=O)c2c(OCC(=O)O)nc(C)cn2c1Cc1ccccc1-c1ccccc1. The lowest BCUT2D eigenvalue weighted by atomic mass is 9.94. The van der Waals surface area contributed by atoms with E-state index in [0.717, 1.165) is 22.4 Å². The number of carbonyl (C=O) groups excluding carboxylic acids is 2. The standard InChI is InChI=1S/C27H25N3O5/c1-3-19-21(13-18-11-7-8-12-20(18)17-9-5-4-6-10-17)30-14-16(2)29-27(35-15-22(31)32)24(30)23(19)25(33)26(28)34/h4-12,14H,3,13,15H2,1-2H3,(H2,28,34)(H,31,32). The van der Waals surface area contributed by atoms with Gasteiger partial charge in [0, 0.05) is 18.3 Å². The molecule has 0 aliphatic rings. The van der Waals surface area contributed by atoms with E-state index in [2.05, 4.69) is 4.98 Å². The molecule has 0 radical (unpaired) electrons. The maximum absolute atomic E-state index is 13.0. The quantitative estimate of drug-likeness (QED) is 0.284. The molecule has 0 bridgehead atoms. The maximum atomic E-state index is 13.0. The Morgan fingerprint density at radius 3 is 2.40 bits per heavy atom. The number of aryl methyl sites for hydroxylation is 1. The molecule has 8 nitrogen and oxygen atoms in total. The number of fused-ring (bicyclic) bond motifs is 1. The number of nitrogens with zero attached hydrogens (tertiary/aromatic N) is 2. The molecule has 2 aromatic carbocycles. The minimum Gasteiger partial charge on any atom is -0.479 e. The van der Waals surface area contributed by atoms with Gasteiger partial charge >= 0.3 is 5.97 Å². The van der Waals surface area contributed by atoms with Crippen LogP contribution in [-0.4, -0.2) is 38.8 Å². The highest BCUT2D eigenvalue weighted by Gasteiger charge is 2.29. The van der Waals surface area contributed by atoms with Gasteiger partial charge in [-0.3, -0.25) is 9.59 Å². The van der Waals surface area contributed by atoms with Gasteiger partial charge in [-0.2, -0.15) is 0 Å². The van der Waals surface area contributed by atoms with Crippen LogP contribution in [-0.2, 0) is 22.4 Å². The fourth-order valence-corrected chi connectivity index (χ4v) is 4.39. The highest BCUT2D eigenvalue weighted by molar-refractivity contribution is 6.44. The molecule has 4 aromatic rings. The maximum Gasteiger partial charge on any atom is 0.341 e. The van der Waals surface area contributed by atoms with E-state index in [1.807, 2.05) is 61.5 Å². The first-order valence-electron chi connectivity index (χ1n) is 11.2. The van der Waals surface area contributed by atoms with Crippen molar-refractivity contribution in [2.75, 3.05) is 6.61 Å². The second kappa shape index (κ2) is 9.80. The minimum absolute atomic E-state index is 0.0331. The van der Waals surface area contributed by atoms with Gasteiger partial charge in [0.25, 0.3) is 11.7 Å². The number of ketones is 1. The molecular formula is C27H25N3O5. The normalized spacial score (nSPS) is 10.9. The summed E-state index contributed by atoms with van der Waals surface area (Å²) in [6.07, 6.45) is 2.64. The first-order chi connectivity index (χ1) is 16.8. The number of Topliss-reactive ketones (excluding diaryl/α,β-unsaturated/α-hetero) is 1. The summed E-state index contributed by atoms with van der Waals surface area (Å²) in [6, 6.07) is 17.9. The number of hydrogen-bond acceptors (Lipinski definition) is 5. The number of aliphatic carboxylic acids is 1. The van der Waals surface area contributed by atoms with Crippen LogP contribution >= 0.6 is 0 Å². The van der Waals surface area contributed by atoms with E-state index in [4.69, 9.17) is 15.6 Å². The summed E-state index contributed by atoms with van der Waals surface area (Å²) in [5, 5.41) is 9.12. The monoisotopic (exact) mass is 471 g/mol. The summed E-state index contributed by atoms with van der Waals surface area (Å²) in [5.41, 5.74) is 10.8. The Hall–Kier alpha value is -4.46. The molecule has 2 heterocycles. The third-order valence-corrected chi connectivity index (χ3v) is 5.81. The van der Waals surface area contributed by atoms with Crippen LogP contribution in [0.1, 0.15) is 39.8 Å². The van der Waals surface area contributed by atoms with Gasteiger partial charge in [0.15, 0.2) is 6.61 Å². The van der Waals surface area contributed by atoms with Gasteiger partial charge in [0.1, 0.15) is 5.52 Å². The van der Waals surface area contributed by atoms with E-state index in [0.29, 0.717) is 24.1 Å². The van der Waals surface area contributed by atoms with Crippen molar-refractivity contribution in [3.8, 4) is 17.0 Å². The number of aromatic nitrogens is 2. The van der Waals surface area contributed by atoms with Crippen molar-refractivity contribution in [2.24, 2.45) is 5.73 Å². The van der Waals surface area contributed by atoms with Crippen LogP contribution in [0.5, 0.6) is 5.88 Å². The Kier molecular flexibility index (Phi) is 6.64. The third kappa shape index (κ3) is 4.63. The summed E-state index contributed by atoms with van der Waals surface area (Å²) in [6.45, 7) is 2.99. The van der Waals surface area contributed by atoms with Crippen molar-refractivity contribution in [3.05, 3.63) is 88.9 Å². The highest BCUT2D eigenvalue weighted by Crippen LogP contribution is 2.34. The van der Waals surface area contributed by atoms with Gasteiger partial charge in [0.2, 0.25) is 5.88 Å². The van der Waals surface area contributed by atoms with E-state index in [1.54, 1.807) is 17.5 Å². The zero-order valence-corrected chi connectivity index (χ0v) is 19.4. The van der Waals surface area contributed by atoms with Gasteiger partial charge in [-0.1, -0.05) is 61.5 Å². The van der Waals surface area contributed by atoms with Crippen LogP contribution < -0.4 is 10.5 Å². The number of nitrogens with two attached hydrogens (primary N) is 1. The summed E-state index contributed by atoms with van der Waals surface area (Å²) >= 11 is 0. The molecule has 1 amide bonds.